The number of fused-ring (bicyclic) bond motifs is 1. The van der Waals surface area contributed by atoms with E-state index < -0.39 is 0 Å². The molecule has 1 aliphatic rings. The van der Waals surface area contributed by atoms with Crippen molar-refractivity contribution in [1.82, 2.24) is 10.9 Å². The van der Waals surface area contributed by atoms with Gasteiger partial charge in [-0.3, -0.25) is 20.4 Å². The summed E-state index contributed by atoms with van der Waals surface area (Å²) in [7, 11) is 0. The van der Waals surface area contributed by atoms with Crippen LogP contribution in [0.5, 0.6) is 0 Å². The summed E-state index contributed by atoms with van der Waals surface area (Å²) in [5.41, 5.74) is 18.2. The van der Waals surface area contributed by atoms with Crippen LogP contribution in [0.3, 0.4) is 0 Å². The molecule has 2 rings (SSSR count). The van der Waals surface area contributed by atoms with Crippen molar-refractivity contribution < 1.29 is 9.59 Å². The minimum Gasteiger partial charge on any atom is -0.369 e. The number of hydrogen-bond donors (Lipinski definition) is 6. The number of nitrogens with one attached hydrogen (secondary N) is 4. The molecule has 0 atom stereocenters. The summed E-state index contributed by atoms with van der Waals surface area (Å²) < 4.78 is 0. The van der Waals surface area contributed by atoms with Gasteiger partial charge in [0.05, 0.1) is 0 Å². The molecule has 0 unspecified atom stereocenters. The number of hydrazone groups is 2. The van der Waals surface area contributed by atoms with Crippen molar-refractivity contribution in [3.8, 4) is 0 Å². The zero-order chi connectivity index (χ0) is 22.3. The van der Waals surface area contributed by atoms with Gasteiger partial charge in [-0.1, -0.05) is 24.3 Å². The molecule has 0 aromatic heterocycles. The number of nitrogens with zero attached hydrogens (tertiary/aromatic N) is 2. The molecule has 0 spiro atoms. The lowest BCUT2D eigenvalue weighted by Gasteiger charge is -2.21. The molecule has 1 aromatic carbocycles. The average Bonchev–Trinajstić information content (AvgIpc) is 2.71. The molecule has 1 aliphatic carbocycles. The largest absolute Gasteiger partial charge is 0.369 e. The molecule has 0 saturated heterocycles. The van der Waals surface area contributed by atoms with Gasteiger partial charge in [-0.05, 0) is 39.5 Å². The Balaban J connectivity index is 2.29. The van der Waals surface area contributed by atoms with Gasteiger partial charge in [-0.15, -0.1) is 0 Å². The highest BCUT2D eigenvalue weighted by atomic mass is 16.1. The monoisotopic (exact) mass is 410 g/mol. The second kappa shape index (κ2) is 10.1. The predicted molar refractivity (Wildman–Crippen MR) is 117 cm³/mol. The zero-order valence-electron chi connectivity index (χ0n) is 17.0. The second-order valence-electron chi connectivity index (χ2n) is 6.91. The maximum absolute atomic E-state index is 13.1. The Morgan fingerprint density at radius 3 is 1.53 bits per heavy atom. The van der Waals surface area contributed by atoms with Crippen molar-refractivity contribution in [2.75, 3.05) is 0 Å². The van der Waals surface area contributed by atoms with E-state index in [9.17, 15) is 9.59 Å². The number of ketones is 2. The molecule has 1 aromatic rings. The smallest absolute Gasteiger partial charge is 0.206 e. The highest BCUT2D eigenvalue weighted by molar-refractivity contribution is 6.27. The van der Waals surface area contributed by atoms with Gasteiger partial charge >= 0.3 is 0 Å². The van der Waals surface area contributed by atoms with Gasteiger partial charge in [-0.2, -0.15) is 10.2 Å². The normalized spacial score (nSPS) is 14.5. The summed E-state index contributed by atoms with van der Waals surface area (Å²) >= 11 is 0. The fourth-order valence-corrected chi connectivity index (χ4v) is 3.04. The Labute approximate surface area is 174 Å². The molecule has 0 heterocycles. The first kappa shape index (κ1) is 22.5. The Bertz CT molecular complexity index is 898. The molecular weight excluding hydrogens is 384 g/mol. The lowest BCUT2D eigenvalue weighted by Crippen LogP contribution is -2.27. The fourth-order valence-electron chi connectivity index (χ4n) is 3.04. The summed E-state index contributed by atoms with van der Waals surface area (Å²) in [6, 6.07) is 6.79. The number of hydrogen-bond acceptors (Lipinski definition) is 6. The third-order valence-corrected chi connectivity index (χ3v) is 4.54. The van der Waals surface area contributed by atoms with Crippen molar-refractivity contribution in [3.63, 3.8) is 0 Å². The number of Topliss-reactive ketones (excluding diaryl/α,β-unsaturated/α-hetero) is 2. The van der Waals surface area contributed by atoms with E-state index in [-0.39, 0.29) is 23.5 Å². The highest BCUT2D eigenvalue weighted by Crippen LogP contribution is 2.31. The first-order chi connectivity index (χ1) is 14.2. The molecule has 30 heavy (non-hydrogen) atoms. The van der Waals surface area contributed by atoms with Crippen LogP contribution in [0.1, 0.15) is 60.2 Å². The number of nitrogens with two attached hydrogens (primary N) is 2. The summed E-state index contributed by atoms with van der Waals surface area (Å²) in [5, 5.41) is 22.3. The van der Waals surface area contributed by atoms with Gasteiger partial charge in [0.15, 0.2) is 11.6 Å². The van der Waals surface area contributed by atoms with Crippen LogP contribution in [0.15, 0.2) is 45.6 Å². The van der Waals surface area contributed by atoms with Crippen molar-refractivity contribution in [2.45, 2.75) is 39.5 Å². The number of carbonyl (C=O) groups is 2. The van der Waals surface area contributed by atoms with Crippen molar-refractivity contribution >= 4 is 34.9 Å². The molecule has 0 bridgehead atoms. The van der Waals surface area contributed by atoms with Crippen molar-refractivity contribution in [1.29, 1.82) is 10.8 Å². The first-order valence-electron chi connectivity index (χ1n) is 9.37. The molecule has 158 valence electrons. The van der Waals surface area contributed by atoms with E-state index in [1.54, 1.807) is 38.1 Å². The Morgan fingerprint density at radius 1 is 0.833 bits per heavy atom. The Kier molecular flexibility index (Phi) is 7.56. The fraction of sp³-hybridized carbons (Fsp3) is 0.300. The lowest BCUT2D eigenvalue weighted by atomic mass is 9.80. The number of benzene rings is 1. The Hall–Kier alpha value is -3.82. The standard InChI is InChI=1S/C20H26N8O2/c1-11(25-27-19(21)22)7-9-15-16(10-8-12(2)26-28-20(23)24)18(30)14-6-4-3-5-13(14)17(15)29/h3-6H,7-10H2,1-2H3,(H4,21,22,27)(H4,23,24,28)/b25-11-,26-12-. The summed E-state index contributed by atoms with van der Waals surface area (Å²) in [4.78, 5) is 26.2. The molecule has 0 fully saturated rings. The molecule has 0 saturated carbocycles. The van der Waals surface area contributed by atoms with Gasteiger partial charge < -0.3 is 11.5 Å². The first-order valence-corrected chi connectivity index (χ1v) is 9.37. The predicted octanol–water partition coefficient (Wildman–Crippen LogP) is 1.64. The van der Waals surface area contributed by atoms with Crippen molar-refractivity contribution in [3.05, 3.63) is 46.5 Å². The van der Waals surface area contributed by atoms with Crippen LogP contribution in [-0.4, -0.2) is 34.9 Å². The minimum absolute atomic E-state index is 0.163. The molecule has 10 heteroatoms. The van der Waals surface area contributed by atoms with Crippen LogP contribution in [0.25, 0.3) is 0 Å². The number of allylic oxidation sites excluding steroid dienone is 2. The number of rotatable bonds is 8. The lowest BCUT2D eigenvalue weighted by molar-refractivity contribution is 0.0969. The van der Waals surface area contributed by atoms with E-state index in [4.69, 9.17) is 22.3 Å². The molecular formula is C20H26N8O2. The van der Waals surface area contributed by atoms with E-state index in [0.717, 1.165) is 0 Å². The summed E-state index contributed by atoms with van der Waals surface area (Å²) in [6.07, 6.45) is 1.54. The molecule has 0 aliphatic heterocycles. The van der Waals surface area contributed by atoms with Crippen LogP contribution in [0.4, 0.5) is 0 Å². The highest BCUT2D eigenvalue weighted by Gasteiger charge is 2.31. The van der Waals surface area contributed by atoms with Gasteiger partial charge in [0.1, 0.15) is 0 Å². The van der Waals surface area contributed by atoms with Crippen LogP contribution < -0.4 is 22.3 Å². The van der Waals surface area contributed by atoms with Crippen LogP contribution in [-0.2, 0) is 0 Å². The molecule has 10 nitrogen and oxygen atoms in total. The van der Waals surface area contributed by atoms with Gasteiger partial charge in [0.2, 0.25) is 11.9 Å². The van der Waals surface area contributed by atoms with Crippen LogP contribution >= 0.6 is 0 Å². The van der Waals surface area contributed by atoms with Crippen molar-refractivity contribution in [2.24, 2.45) is 21.7 Å². The second-order valence-corrected chi connectivity index (χ2v) is 6.91. The zero-order valence-corrected chi connectivity index (χ0v) is 17.0. The summed E-state index contributed by atoms with van der Waals surface area (Å²) in [6.45, 7) is 3.51. The van der Waals surface area contributed by atoms with Gasteiger partial charge in [0.25, 0.3) is 0 Å². The SMILES string of the molecule is C/C(CCC1=C(CC/C(C)=N\NC(=N)N)C(=O)c2ccccc2C1=O)=N/NC(=N)N. The number of guanidine groups is 2. The third kappa shape index (κ3) is 5.84. The minimum atomic E-state index is -0.277. The average molecular weight is 410 g/mol. The molecule has 8 N–H and O–H groups in total. The van der Waals surface area contributed by atoms with Gasteiger partial charge in [-0.25, -0.2) is 10.9 Å². The van der Waals surface area contributed by atoms with E-state index in [1.165, 1.54) is 0 Å². The molecule has 0 radical (unpaired) electrons. The molecule has 0 amide bonds. The van der Waals surface area contributed by atoms with E-state index in [2.05, 4.69) is 21.1 Å². The summed E-state index contributed by atoms with van der Waals surface area (Å²) in [5.74, 6) is -0.880. The number of carbonyl (C=O) groups excluding carboxylic acids is 2. The third-order valence-electron chi connectivity index (χ3n) is 4.54. The van der Waals surface area contributed by atoms with Crippen LogP contribution in [0, 0.1) is 10.8 Å². The topological polar surface area (TPSA) is 183 Å². The maximum atomic E-state index is 13.1. The van der Waals surface area contributed by atoms with E-state index >= 15 is 0 Å². The van der Waals surface area contributed by atoms with E-state index in [0.29, 0.717) is 59.4 Å². The van der Waals surface area contributed by atoms with Crippen LogP contribution in [0.2, 0.25) is 0 Å². The Morgan fingerprint density at radius 2 is 1.20 bits per heavy atom. The quantitative estimate of drug-likeness (QED) is 0.215. The maximum Gasteiger partial charge on any atom is 0.206 e. The van der Waals surface area contributed by atoms with E-state index in [1.807, 2.05) is 0 Å². The van der Waals surface area contributed by atoms with Gasteiger partial charge in [0, 0.05) is 33.7 Å².